The molecule has 152 valence electrons. The summed E-state index contributed by atoms with van der Waals surface area (Å²) in [7, 11) is 0. The Hall–Kier alpha value is -0.850. The summed E-state index contributed by atoms with van der Waals surface area (Å²) < 4.78 is 88.9. The van der Waals surface area contributed by atoms with Gasteiger partial charge < -0.3 is 5.32 Å². The van der Waals surface area contributed by atoms with Gasteiger partial charge in [-0.3, -0.25) is 4.79 Å². The average molecular weight is 576 g/mol. The Balaban J connectivity index is 2.52. The van der Waals surface area contributed by atoms with Crippen molar-refractivity contribution in [2.75, 3.05) is 6.54 Å². The largest absolute Gasteiger partial charge is 0.435 e. The Bertz CT molecular complexity index is 657. The molecule has 1 amide bonds. The van der Waals surface area contributed by atoms with E-state index in [1.165, 1.54) is 22.6 Å². The van der Waals surface area contributed by atoms with Gasteiger partial charge in [-0.2, -0.15) is 26.3 Å². The zero-order valence-electron chi connectivity index (χ0n) is 13.5. The number of allylic oxidation sites excluding steroid dienone is 2. The number of alkyl halides is 7. The van der Waals surface area contributed by atoms with Crippen LogP contribution in [0.5, 0.6) is 0 Å². The quantitative estimate of drug-likeness (QED) is 0.224. The van der Waals surface area contributed by atoms with Crippen LogP contribution in [-0.2, 0) is 0 Å². The van der Waals surface area contributed by atoms with Crippen LogP contribution in [0.2, 0.25) is 0 Å². The van der Waals surface area contributed by atoms with Gasteiger partial charge in [0, 0.05) is 16.6 Å². The predicted octanol–water partition coefficient (Wildman–Crippen LogP) is 6.50. The molecule has 0 fully saturated rings. The van der Waals surface area contributed by atoms with Crippen molar-refractivity contribution in [1.29, 1.82) is 0 Å². The second-order valence-corrected chi connectivity index (χ2v) is 7.82. The highest BCUT2D eigenvalue weighted by atomic mass is 127. The fourth-order valence-electron chi connectivity index (χ4n) is 1.94. The first kappa shape index (κ1) is 24.2. The molecule has 0 aromatic heterocycles. The summed E-state index contributed by atoms with van der Waals surface area (Å²) >= 11 is 4.47. The predicted molar refractivity (Wildman–Crippen MR) is 98.4 cm³/mol. The van der Waals surface area contributed by atoms with Crippen LogP contribution < -0.4 is 5.32 Å². The van der Waals surface area contributed by atoms with Crippen LogP contribution in [0.1, 0.15) is 29.6 Å². The zero-order valence-corrected chi connectivity index (χ0v) is 17.3. The van der Waals surface area contributed by atoms with E-state index in [1.54, 1.807) is 24.3 Å². The Morgan fingerprint density at radius 1 is 1.00 bits per heavy atom. The number of amides is 1. The molecular weight excluding hydrogens is 562 g/mol. The van der Waals surface area contributed by atoms with Gasteiger partial charge in [0.15, 0.2) is 0 Å². The maximum atomic E-state index is 13.6. The minimum atomic E-state index is -6.10. The summed E-state index contributed by atoms with van der Waals surface area (Å²) in [6, 6.07) is 6.51. The summed E-state index contributed by atoms with van der Waals surface area (Å²) in [5.41, 5.74) is -4.97. The minimum Gasteiger partial charge on any atom is -0.352 e. The fraction of sp³-hybridized carbons (Fsp3) is 0.438. The van der Waals surface area contributed by atoms with E-state index in [2.05, 4.69) is 21.2 Å². The first-order chi connectivity index (χ1) is 12.3. The van der Waals surface area contributed by atoms with E-state index in [9.17, 15) is 35.5 Å². The SMILES string of the molecule is O=C(NCCCCC(I)=CC(F)(C(F)(F)F)C(F)(F)F)c1ccc(Br)cc1. The lowest BCUT2D eigenvalue weighted by Gasteiger charge is -2.27. The van der Waals surface area contributed by atoms with Crippen LogP contribution in [0.4, 0.5) is 30.7 Å². The van der Waals surface area contributed by atoms with Crippen LogP contribution in [-0.4, -0.2) is 30.5 Å². The molecule has 0 heterocycles. The monoisotopic (exact) mass is 575 g/mol. The molecule has 0 radical (unpaired) electrons. The highest BCUT2D eigenvalue weighted by molar-refractivity contribution is 14.1. The Morgan fingerprint density at radius 3 is 2.00 bits per heavy atom. The molecule has 1 rings (SSSR count). The van der Waals surface area contributed by atoms with Gasteiger partial charge in [0.05, 0.1) is 0 Å². The maximum absolute atomic E-state index is 13.6. The number of benzene rings is 1. The molecule has 0 aliphatic heterocycles. The highest BCUT2D eigenvalue weighted by Gasteiger charge is 2.71. The van der Waals surface area contributed by atoms with E-state index in [-0.39, 0.29) is 25.3 Å². The Labute approximate surface area is 172 Å². The standard InChI is InChI=1S/C16H14BrF7INO/c17-11-6-4-10(5-7-11)13(27)26-8-2-1-3-12(25)9-14(18,15(19,20)21)16(22,23)24/h4-7,9H,1-3,8H2,(H,26,27). The van der Waals surface area contributed by atoms with Crippen molar-refractivity contribution in [1.82, 2.24) is 5.32 Å². The van der Waals surface area contributed by atoms with E-state index in [4.69, 9.17) is 0 Å². The average Bonchev–Trinajstić information content (AvgIpc) is 2.52. The van der Waals surface area contributed by atoms with Gasteiger partial charge in [-0.1, -0.05) is 15.9 Å². The van der Waals surface area contributed by atoms with E-state index in [1.807, 2.05) is 0 Å². The van der Waals surface area contributed by atoms with Gasteiger partial charge in [-0.25, -0.2) is 4.39 Å². The molecule has 2 nitrogen and oxygen atoms in total. The molecular formula is C16H14BrF7INO. The smallest absolute Gasteiger partial charge is 0.352 e. The van der Waals surface area contributed by atoms with Crippen LogP contribution in [0.25, 0.3) is 0 Å². The third kappa shape index (κ3) is 6.91. The van der Waals surface area contributed by atoms with Gasteiger partial charge in [-0.15, -0.1) is 0 Å². The molecule has 0 aliphatic rings. The van der Waals surface area contributed by atoms with Gasteiger partial charge in [-0.05, 0) is 75.8 Å². The van der Waals surface area contributed by atoms with Crippen LogP contribution in [0.3, 0.4) is 0 Å². The molecule has 27 heavy (non-hydrogen) atoms. The summed E-state index contributed by atoms with van der Waals surface area (Å²) in [5.74, 6) is -0.357. The lowest BCUT2D eigenvalue weighted by Crippen LogP contribution is -2.51. The molecule has 0 bridgehead atoms. The van der Waals surface area contributed by atoms with Crippen molar-refractivity contribution in [3.05, 3.63) is 44.0 Å². The molecule has 0 atom stereocenters. The lowest BCUT2D eigenvalue weighted by molar-refractivity contribution is -0.322. The van der Waals surface area contributed by atoms with E-state index < -0.39 is 27.7 Å². The zero-order chi connectivity index (χ0) is 20.9. The molecule has 0 spiro atoms. The molecule has 1 aromatic rings. The molecule has 11 heteroatoms. The molecule has 0 unspecified atom stereocenters. The van der Waals surface area contributed by atoms with E-state index in [0.717, 1.165) is 4.47 Å². The van der Waals surface area contributed by atoms with Crippen molar-refractivity contribution in [3.8, 4) is 0 Å². The number of hydrogen-bond acceptors (Lipinski definition) is 1. The lowest BCUT2D eigenvalue weighted by atomic mass is 10.0. The fourth-order valence-corrected chi connectivity index (χ4v) is 3.01. The number of carbonyl (C=O) groups excluding carboxylic acids is 1. The van der Waals surface area contributed by atoms with Gasteiger partial charge >= 0.3 is 18.0 Å². The number of nitrogens with one attached hydrogen (secondary N) is 1. The van der Waals surface area contributed by atoms with E-state index in [0.29, 0.717) is 12.0 Å². The van der Waals surface area contributed by atoms with Crippen molar-refractivity contribution >= 4 is 44.4 Å². The summed E-state index contributed by atoms with van der Waals surface area (Å²) in [5, 5.41) is 2.58. The normalized spacial score (nSPS) is 13.6. The maximum Gasteiger partial charge on any atom is 0.435 e. The number of halogens is 9. The Morgan fingerprint density at radius 2 is 1.52 bits per heavy atom. The van der Waals surface area contributed by atoms with Gasteiger partial charge in [0.1, 0.15) is 0 Å². The third-order valence-electron chi connectivity index (χ3n) is 3.41. The van der Waals surface area contributed by atoms with Crippen LogP contribution in [0, 0.1) is 0 Å². The highest BCUT2D eigenvalue weighted by Crippen LogP contribution is 2.48. The van der Waals surface area contributed by atoms with Crippen molar-refractivity contribution in [2.24, 2.45) is 0 Å². The minimum absolute atomic E-state index is 0.174. The third-order valence-corrected chi connectivity index (χ3v) is 4.79. The first-order valence-corrected chi connectivity index (χ1v) is 9.38. The van der Waals surface area contributed by atoms with Gasteiger partial charge in [0.2, 0.25) is 0 Å². The van der Waals surface area contributed by atoms with E-state index >= 15 is 0 Å². The molecule has 1 N–H and O–H groups in total. The molecule has 0 saturated heterocycles. The topological polar surface area (TPSA) is 29.1 Å². The second-order valence-electron chi connectivity index (χ2n) is 5.52. The summed E-state index contributed by atoms with van der Waals surface area (Å²) in [4.78, 5) is 11.8. The number of unbranched alkanes of at least 4 members (excludes halogenated alkanes) is 1. The number of rotatable bonds is 7. The summed E-state index contributed by atoms with van der Waals surface area (Å²) in [6.45, 7) is 0.179. The second kappa shape index (κ2) is 9.57. The van der Waals surface area contributed by atoms with Crippen molar-refractivity contribution in [2.45, 2.75) is 37.3 Å². The van der Waals surface area contributed by atoms with Crippen LogP contribution in [0.15, 0.2) is 38.4 Å². The van der Waals surface area contributed by atoms with Crippen molar-refractivity contribution in [3.63, 3.8) is 0 Å². The number of hydrogen-bond donors (Lipinski definition) is 1. The summed E-state index contributed by atoms with van der Waals surface area (Å²) in [6.07, 6.45) is -12.3. The first-order valence-electron chi connectivity index (χ1n) is 7.51. The number of carbonyl (C=O) groups is 1. The van der Waals surface area contributed by atoms with Crippen molar-refractivity contribution < 1.29 is 35.5 Å². The molecule has 0 aliphatic carbocycles. The Kier molecular flexibility index (Phi) is 8.57. The molecule has 1 aromatic carbocycles. The molecule has 0 saturated carbocycles. The van der Waals surface area contributed by atoms with Crippen LogP contribution >= 0.6 is 38.5 Å². The van der Waals surface area contributed by atoms with Gasteiger partial charge in [0.25, 0.3) is 5.91 Å².